The average Bonchev–Trinajstić information content (AvgIpc) is 2.51. The number of rotatable bonds is 0. The molecule has 114 valence electrons. The lowest BCUT2D eigenvalue weighted by atomic mass is 9.90. The SMILES string of the molecule is c1cnc2c(c1)CCc1cc3c(nc1CC2)CCCCCC3. The van der Waals surface area contributed by atoms with Crippen molar-refractivity contribution >= 4 is 0 Å². The van der Waals surface area contributed by atoms with E-state index in [9.17, 15) is 0 Å². The van der Waals surface area contributed by atoms with E-state index in [1.165, 1.54) is 72.3 Å². The molecule has 2 heteroatoms. The van der Waals surface area contributed by atoms with Crippen molar-refractivity contribution in [2.24, 2.45) is 0 Å². The van der Waals surface area contributed by atoms with Crippen LogP contribution in [0.2, 0.25) is 0 Å². The Morgan fingerprint density at radius 3 is 2.32 bits per heavy atom. The summed E-state index contributed by atoms with van der Waals surface area (Å²) in [5.41, 5.74) is 8.47. The quantitative estimate of drug-likeness (QED) is 0.733. The van der Waals surface area contributed by atoms with Crippen molar-refractivity contribution in [2.45, 2.75) is 64.2 Å². The summed E-state index contributed by atoms with van der Waals surface area (Å²) >= 11 is 0. The number of aryl methyl sites for hydroxylation is 6. The first-order valence-corrected chi connectivity index (χ1v) is 8.83. The van der Waals surface area contributed by atoms with Gasteiger partial charge in [-0.25, -0.2) is 0 Å². The lowest BCUT2D eigenvalue weighted by molar-refractivity contribution is 0.604. The largest absolute Gasteiger partial charge is 0.261 e. The van der Waals surface area contributed by atoms with Crippen molar-refractivity contribution in [1.29, 1.82) is 0 Å². The number of pyridine rings is 2. The molecule has 0 atom stereocenters. The van der Waals surface area contributed by atoms with E-state index < -0.39 is 0 Å². The summed E-state index contributed by atoms with van der Waals surface area (Å²) in [7, 11) is 0. The molecule has 0 saturated heterocycles. The standard InChI is InChI=1S/C20H24N2/c1-2-4-8-19-16(6-3-1)14-17-10-9-15-7-5-13-21-18(15)11-12-20(17)22-19/h5,7,13-14H,1-4,6,8-12H2. The summed E-state index contributed by atoms with van der Waals surface area (Å²) in [4.78, 5) is 9.68. The Morgan fingerprint density at radius 1 is 0.636 bits per heavy atom. The lowest BCUT2D eigenvalue weighted by Gasteiger charge is -2.20. The normalized spacial score (nSPS) is 18.0. The van der Waals surface area contributed by atoms with Crippen molar-refractivity contribution < 1.29 is 0 Å². The molecule has 0 saturated carbocycles. The van der Waals surface area contributed by atoms with Crippen LogP contribution in [0.1, 0.15) is 59.5 Å². The molecule has 2 aliphatic rings. The molecule has 2 nitrogen and oxygen atoms in total. The minimum absolute atomic E-state index is 1.04. The van der Waals surface area contributed by atoms with Crippen LogP contribution in [-0.2, 0) is 38.5 Å². The fraction of sp³-hybridized carbons (Fsp3) is 0.500. The Morgan fingerprint density at radius 2 is 1.36 bits per heavy atom. The van der Waals surface area contributed by atoms with E-state index in [1.54, 1.807) is 0 Å². The Kier molecular flexibility index (Phi) is 3.92. The molecule has 0 aromatic carbocycles. The van der Waals surface area contributed by atoms with E-state index in [2.05, 4.69) is 23.2 Å². The van der Waals surface area contributed by atoms with Gasteiger partial charge in [0.15, 0.2) is 0 Å². The Bertz CT molecular complexity index is 617. The van der Waals surface area contributed by atoms with Gasteiger partial charge >= 0.3 is 0 Å². The molecular weight excluding hydrogens is 268 g/mol. The summed E-state index contributed by atoms with van der Waals surface area (Å²) in [5.74, 6) is 0. The van der Waals surface area contributed by atoms with Gasteiger partial charge in [-0.15, -0.1) is 0 Å². The highest BCUT2D eigenvalue weighted by atomic mass is 14.7. The lowest BCUT2D eigenvalue weighted by Crippen LogP contribution is -2.13. The molecule has 2 aliphatic carbocycles. The zero-order chi connectivity index (χ0) is 14.8. The number of nitrogens with zero attached hydrogens (tertiary/aromatic N) is 2. The molecule has 0 spiro atoms. The maximum atomic E-state index is 5.10. The van der Waals surface area contributed by atoms with Crippen LogP contribution in [0.25, 0.3) is 0 Å². The van der Waals surface area contributed by atoms with Gasteiger partial charge in [-0.05, 0) is 74.1 Å². The van der Waals surface area contributed by atoms with Gasteiger partial charge in [-0.2, -0.15) is 0 Å². The maximum Gasteiger partial charge on any atom is 0.0443 e. The van der Waals surface area contributed by atoms with E-state index in [0.29, 0.717) is 0 Å². The van der Waals surface area contributed by atoms with Gasteiger partial charge in [-0.3, -0.25) is 9.97 Å². The van der Waals surface area contributed by atoms with Crippen molar-refractivity contribution in [3.8, 4) is 0 Å². The molecule has 2 aromatic heterocycles. The number of aromatic nitrogens is 2. The van der Waals surface area contributed by atoms with Gasteiger partial charge in [0.25, 0.3) is 0 Å². The fourth-order valence-corrected chi connectivity index (χ4v) is 3.94. The number of hydrogen-bond acceptors (Lipinski definition) is 2. The molecule has 0 bridgehead atoms. The zero-order valence-corrected chi connectivity index (χ0v) is 13.3. The third-order valence-electron chi connectivity index (χ3n) is 5.22. The Balaban J connectivity index is 1.67. The van der Waals surface area contributed by atoms with Gasteiger partial charge in [0.2, 0.25) is 0 Å². The smallest absolute Gasteiger partial charge is 0.0443 e. The van der Waals surface area contributed by atoms with Crippen LogP contribution in [-0.4, -0.2) is 9.97 Å². The van der Waals surface area contributed by atoms with Crippen LogP contribution in [0.3, 0.4) is 0 Å². The molecule has 4 rings (SSSR count). The Labute approximate surface area is 133 Å². The van der Waals surface area contributed by atoms with Gasteiger partial charge < -0.3 is 0 Å². The maximum absolute atomic E-state index is 5.10. The third kappa shape index (κ3) is 2.79. The summed E-state index contributed by atoms with van der Waals surface area (Å²) in [6, 6.07) is 6.80. The van der Waals surface area contributed by atoms with Crippen molar-refractivity contribution in [2.75, 3.05) is 0 Å². The zero-order valence-electron chi connectivity index (χ0n) is 13.3. The first kappa shape index (κ1) is 13.9. The third-order valence-corrected chi connectivity index (χ3v) is 5.22. The van der Waals surface area contributed by atoms with Crippen molar-refractivity contribution in [3.05, 3.63) is 58.2 Å². The topological polar surface area (TPSA) is 25.8 Å². The molecule has 2 heterocycles. The van der Waals surface area contributed by atoms with Crippen LogP contribution < -0.4 is 0 Å². The number of hydrogen-bond donors (Lipinski definition) is 0. The highest BCUT2D eigenvalue weighted by molar-refractivity contribution is 5.35. The monoisotopic (exact) mass is 292 g/mol. The minimum atomic E-state index is 1.04. The second-order valence-corrected chi connectivity index (χ2v) is 6.72. The highest BCUT2D eigenvalue weighted by Crippen LogP contribution is 2.25. The first-order valence-electron chi connectivity index (χ1n) is 8.83. The van der Waals surface area contributed by atoms with Gasteiger partial charge in [0.05, 0.1) is 0 Å². The molecular formula is C20H24N2. The van der Waals surface area contributed by atoms with Crippen LogP contribution in [0.5, 0.6) is 0 Å². The highest BCUT2D eigenvalue weighted by Gasteiger charge is 2.17. The second kappa shape index (κ2) is 6.20. The predicted molar refractivity (Wildman–Crippen MR) is 89.2 cm³/mol. The van der Waals surface area contributed by atoms with Gasteiger partial charge in [0, 0.05) is 23.3 Å². The van der Waals surface area contributed by atoms with E-state index >= 15 is 0 Å². The van der Waals surface area contributed by atoms with Crippen LogP contribution in [0, 0.1) is 0 Å². The van der Waals surface area contributed by atoms with E-state index in [1.807, 2.05) is 6.20 Å². The minimum Gasteiger partial charge on any atom is -0.261 e. The predicted octanol–water partition coefficient (Wildman–Crippen LogP) is 4.02. The van der Waals surface area contributed by atoms with Gasteiger partial charge in [0.1, 0.15) is 0 Å². The van der Waals surface area contributed by atoms with E-state index in [-0.39, 0.29) is 0 Å². The van der Waals surface area contributed by atoms with E-state index in [0.717, 1.165) is 25.7 Å². The Hall–Kier alpha value is -1.70. The second-order valence-electron chi connectivity index (χ2n) is 6.72. The summed E-state index contributed by atoms with van der Waals surface area (Å²) < 4.78 is 0. The summed E-state index contributed by atoms with van der Waals surface area (Å²) in [6.07, 6.45) is 14.0. The van der Waals surface area contributed by atoms with Crippen molar-refractivity contribution in [3.63, 3.8) is 0 Å². The van der Waals surface area contributed by atoms with Crippen LogP contribution in [0.15, 0.2) is 24.4 Å². The molecule has 0 aliphatic heterocycles. The van der Waals surface area contributed by atoms with Crippen LogP contribution in [0.4, 0.5) is 0 Å². The molecule has 0 amide bonds. The van der Waals surface area contributed by atoms with E-state index in [4.69, 9.17) is 4.98 Å². The molecule has 0 fully saturated rings. The summed E-state index contributed by atoms with van der Waals surface area (Å²) in [5, 5.41) is 0. The molecule has 0 radical (unpaired) electrons. The molecule has 0 N–H and O–H groups in total. The molecule has 0 unspecified atom stereocenters. The van der Waals surface area contributed by atoms with Gasteiger partial charge in [-0.1, -0.05) is 25.0 Å². The van der Waals surface area contributed by atoms with Crippen LogP contribution >= 0.6 is 0 Å². The first-order chi connectivity index (χ1) is 10.9. The molecule has 2 aromatic rings. The number of fused-ring (bicyclic) bond motifs is 3. The fourth-order valence-electron chi connectivity index (χ4n) is 3.94. The molecule has 22 heavy (non-hydrogen) atoms. The average molecular weight is 292 g/mol. The van der Waals surface area contributed by atoms with Crippen molar-refractivity contribution in [1.82, 2.24) is 9.97 Å². The summed E-state index contributed by atoms with van der Waals surface area (Å²) in [6.45, 7) is 0.